The number of nitrogens with zero attached hydrogens (tertiary/aromatic N) is 3. The third-order valence-electron chi connectivity index (χ3n) is 14.7. The van der Waals surface area contributed by atoms with Crippen LogP contribution in [0.15, 0.2) is 40.2 Å². The first kappa shape index (κ1) is 54.5. The van der Waals surface area contributed by atoms with Gasteiger partial charge < -0.3 is 44.5 Å². The monoisotopic (exact) mass is 993 g/mol. The first-order chi connectivity index (χ1) is 33.3. The minimum absolute atomic E-state index is 0.00395. The lowest BCUT2D eigenvalue weighted by molar-refractivity contribution is -0.162. The molecule has 6 rings (SSSR count). The molecule has 3 aliphatic rings. The zero-order valence-corrected chi connectivity index (χ0v) is 45.0. The standard InChI is InChI=1S/C56H72N4O12/c1-18-54(13,14)50(66)57-39-27-36(19-20-38(39)41-45(63)42(46(41)64)40-35(9)58-60(49(40)65)53(10,11)12)59(23-25-69-51(67)55(15,16)71-47-31(5)28(2)43(61)29(3)32(47)6)24-26-70-52(68)56(17)22-21-37-34(8)44(62)30(4)33(7)48(37)72-56/h19-20,27,61-63H,18,21-26H2,1-17H3,(H,57,66)/b42-40-. The highest BCUT2D eigenvalue weighted by Gasteiger charge is 2.46. The van der Waals surface area contributed by atoms with Crippen molar-refractivity contribution in [3.8, 4) is 23.0 Å². The van der Waals surface area contributed by atoms with Crippen molar-refractivity contribution in [3.05, 3.63) is 85.2 Å². The number of fused-ring (bicyclic) bond motifs is 1. The van der Waals surface area contributed by atoms with Gasteiger partial charge in [0.25, 0.3) is 5.91 Å². The Labute approximate surface area is 423 Å². The highest BCUT2D eigenvalue weighted by molar-refractivity contribution is 6.44. The number of hydrogen-bond acceptors (Lipinski definition) is 14. The van der Waals surface area contributed by atoms with Crippen LogP contribution in [0.4, 0.5) is 11.4 Å². The molecule has 72 heavy (non-hydrogen) atoms. The van der Waals surface area contributed by atoms with Crippen LogP contribution >= 0.6 is 0 Å². The van der Waals surface area contributed by atoms with E-state index in [2.05, 4.69) is 10.4 Å². The minimum atomic E-state index is -1.46. The summed E-state index contributed by atoms with van der Waals surface area (Å²) in [5.41, 5.74) is 2.15. The number of amides is 2. The number of aromatic hydroxyl groups is 2. The fourth-order valence-electron chi connectivity index (χ4n) is 8.93. The number of anilines is 2. The number of Topliss-reactive ketones (excluding diaryl/α,β-unsaturated/α-hetero) is 1. The molecule has 0 radical (unpaired) electrons. The van der Waals surface area contributed by atoms with E-state index < -0.39 is 51.5 Å². The van der Waals surface area contributed by atoms with E-state index in [9.17, 15) is 39.3 Å². The molecule has 3 aromatic rings. The number of benzene rings is 3. The number of nitrogens with one attached hydrogen (secondary N) is 1. The summed E-state index contributed by atoms with van der Waals surface area (Å²) >= 11 is 0. The molecule has 2 heterocycles. The Bertz CT molecular complexity index is 2870. The normalized spacial score (nSPS) is 18.1. The van der Waals surface area contributed by atoms with Crippen LogP contribution < -0.4 is 19.7 Å². The molecule has 0 saturated heterocycles. The van der Waals surface area contributed by atoms with Gasteiger partial charge in [0.15, 0.2) is 5.60 Å². The van der Waals surface area contributed by atoms with Gasteiger partial charge in [-0.25, -0.2) is 14.6 Å². The molecule has 0 aromatic heterocycles. The van der Waals surface area contributed by atoms with Crippen molar-refractivity contribution in [2.24, 2.45) is 10.5 Å². The number of rotatable bonds is 15. The van der Waals surface area contributed by atoms with Crippen molar-refractivity contribution in [2.75, 3.05) is 36.5 Å². The number of ketones is 1. The molecule has 4 N–H and O–H groups in total. The van der Waals surface area contributed by atoms with Gasteiger partial charge in [-0.05, 0) is 167 Å². The van der Waals surface area contributed by atoms with Gasteiger partial charge in [-0.1, -0.05) is 20.8 Å². The molecule has 388 valence electrons. The molecule has 1 aliphatic carbocycles. The average Bonchev–Trinajstić information content (AvgIpc) is 3.62. The number of phenols is 2. The van der Waals surface area contributed by atoms with E-state index in [4.69, 9.17) is 18.9 Å². The number of allylic oxidation sites excluding steroid dienone is 2. The van der Waals surface area contributed by atoms with Crippen molar-refractivity contribution < 1.29 is 58.2 Å². The molecule has 1 atom stereocenters. The Morgan fingerprint density at radius 1 is 0.792 bits per heavy atom. The van der Waals surface area contributed by atoms with Crippen LogP contribution in [0.25, 0.3) is 5.57 Å². The van der Waals surface area contributed by atoms with Crippen LogP contribution in [0.2, 0.25) is 0 Å². The number of carbonyl (C=O) groups excluding carboxylic acids is 5. The number of hydrogen-bond donors (Lipinski definition) is 4. The first-order valence-corrected chi connectivity index (χ1v) is 24.5. The summed E-state index contributed by atoms with van der Waals surface area (Å²) in [5.74, 6) is -1.77. The van der Waals surface area contributed by atoms with Crippen LogP contribution in [-0.4, -0.2) is 98.6 Å². The van der Waals surface area contributed by atoms with Crippen LogP contribution in [0, 0.1) is 53.9 Å². The molecule has 16 nitrogen and oxygen atoms in total. The van der Waals surface area contributed by atoms with E-state index in [-0.39, 0.29) is 77.4 Å². The fourth-order valence-corrected chi connectivity index (χ4v) is 8.93. The predicted molar refractivity (Wildman–Crippen MR) is 276 cm³/mol. The van der Waals surface area contributed by atoms with Crippen LogP contribution in [0.5, 0.6) is 23.0 Å². The topological polar surface area (TPSA) is 214 Å². The number of aliphatic hydroxyl groups excluding tert-OH is 1. The maximum absolute atomic E-state index is 14.1. The molecule has 0 spiro atoms. The van der Waals surface area contributed by atoms with Crippen molar-refractivity contribution in [2.45, 2.75) is 154 Å². The number of esters is 2. The summed E-state index contributed by atoms with van der Waals surface area (Å²) in [6.07, 6.45) is 1.26. The summed E-state index contributed by atoms with van der Waals surface area (Å²) in [6, 6.07) is 4.89. The van der Waals surface area contributed by atoms with Crippen LogP contribution in [0.1, 0.15) is 132 Å². The van der Waals surface area contributed by atoms with Gasteiger partial charge in [-0.15, -0.1) is 0 Å². The molecule has 0 bridgehead atoms. The highest BCUT2D eigenvalue weighted by atomic mass is 16.6. The second-order valence-electron chi connectivity index (χ2n) is 21.6. The molecule has 1 unspecified atom stereocenters. The summed E-state index contributed by atoms with van der Waals surface area (Å²) in [4.78, 5) is 71.2. The molecule has 0 saturated carbocycles. The van der Waals surface area contributed by atoms with Crippen LogP contribution in [0.3, 0.4) is 0 Å². The van der Waals surface area contributed by atoms with Gasteiger partial charge in [0.2, 0.25) is 17.3 Å². The van der Waals surface area contributed by atoms with Gasteiger partial charge in [0.05, 0.1) is 46.7 Å². The van der Waals surface area contributed by atoms with Gasteiger partial charge in [0.1, 0.15) is 42.0 Å². The number of aliphatic hydroxyl groups is 1. The van der Waals surface area contributed by atoms with Gasteiger partial charge in [-0.3, -0.25) is 14.4 Å². The molecular weight excluding hydrogens is 921 g/mol. The van der Waals surface area contributed by atoms with Crippen molar-refractivity contribution in [3.63, 3.8) is 0 Å². The van der Waals surface area contributed by atoms with E-state index in [0.29, 0.717) is 69.8 Å². The first-order valence-electron chi connectivity index (χ1n) is 24.5. The highest BCUT2D eigenvalue weighted by Crippen LogP contribution is 2.46. The third kappa shape index (κ3) is 9.88. The molecule has 2 aliphatic heterocycles. The van der Waals surface area contributed by atoms with Gasteiger partial charge >= 0.3 is 11.9 Å². The summed E-state index contributed by atoms with van der Waals surface area (Å²) in [6.45, 7) is 29.8. The third-order valence-corrected chi connectivity index (χ3v) is 14.7. The lowest BCUT2D eigenvalue weighted by atomic mass is 9.79. The van der Waals surface area contributed by atoms with E-state index in [1.165, 1.54) is 5.01 Å². The predicted octanol–water partition coefficient (Wildman–Crippen LogP) is 9.33. The minimum Gasteiger partial charge on any atom is -0.507 e. The van der Waals surface area contributed by atoms with E-state index in [1.807, 2.05) is 55.4 Å². The van der Waals surface area contributed by atoms with Gasteiger partial charge in [0, 0.05) is 28.7 Å². The van der Waals surface area contributed by atoms with Crippen LogP contribution in [-0.2, 0) is 39.9 Å². The number of ether oxygens (including phenoxy) is 4. The SMILES string of the molecule is CCC(C)(C)C(=O)Nc1cc(N(CCOC(=O)C(C)(C)Oc2c(C)c(C)c(O)c(C)c2C)CCOC(=O)C2(C)CCc3c(C)c(O)c(C)c(C)c3O2)ccc1C1=C(O)/C(=C2/C(=O)N(C(C)(C)C)N=C2C)C1=O. The lowest BCUT2D eigenvalue weighted by Crippen LogP contribution is -2.46. The van der Waals surface area contributed by atoms with Crippen molar-refractivity contribution in [1.82, 2.24) is 5.01 Å². The summed E-state index contributed by atoms with van der Waals surface area (Å²) < 4.78 is 24.5. The zero-order chi connectivity index (χ0) is 53.9. The lowest BCUT2D eigenvalue weighted by Gasteiger charge is -2.36. The van der Waals surface area contributed by atoms with E-state index in [0.717, 1.165) is 11.1 Å². The van der Waals surface area contributed by atoms with E-state index in [1.54, 1.807) is 85.4 Å². The summed E-state index contributed by atoms with van der Waals surface area (Å²) in [7, 11) is 0. The van der Waals surface area contributed by atoms with Gasteiger partial charge in [-0.2, -0.15) is 5.10 Å². The average molecular weight is 993 g/mol. The Kier molecular flexibility index (Phi) is 14.9. The molecule has 3 aromatic carbocycles. The molecule has 2 amide bonds. The number of carbonyl (C=O) groups is 5. The Balaban J connectivity index is 1.33. The molecule has 16 heteroatoms. The number of phenolic OH excluding ortho intramolecular Hbond substituents is 2. The quantitative estimate of drug-likeness (QED) is 0.0826. The largest absolute Gasteiger partial charge is 0.507 e. The summed E-state index contributed by atoms with van der Waals surface area (Å²) in [5, 5.41) is 41.6. The fraction of sp³-hybridized carbons (Fsp3) is 0.500. The molecule has 0 fully saturated rings. The second-order valence-corrected chi connectivity index (χ2v) is 21.6. The second kappa shape index (κ2) is 19.6. The maximum Gasteiger partial charge on any atom is 0.350 e. The van der Waals surface area contributed by atoms with Crippen molar-refractivity contribution >= 4 is 52.2 Å². The maximum atomic E-state index is 14.1. The smallest absolute Gasteiger partial charge is 0.350 e. The zero-order valence-electron chi connectivity index (χ0n) is 45.0. The Morgan fingerprint density at radius 2 is 1.36 bits per heavy atom. The molecular formula is C56H72N4O12. The Hall–Kier alpha value is -6.84. The van der Waals surface area contributed by atoms with E-state index >= 15 is 0 Å². The number of hydrazone groups is 1. The van der Waals surface area contributed by atoms with Crippen molar-refractivity contribution in [1.29, 1.82) is 0 Å². The Morgan fingerprint density at radius 3 is 1.92 bits per heavy atom.